The third-order valence-corrected chi connectivity index (χ3v) is 3.87. The van der Waals surface area contributed by atoms with E-state index in [0.717, 1.165) is 42.8 Å². The Morgan fingerprint density at radius 1 is 1.43 bits per heavy atom. The second kappa shape index (κ2) is 7.46. The molecule has 1 atom stereocenters. The molecule has 1 heterocycles. The highest BCUT2D eigenvalue weighted by atomic mass is 16.5. The van der Waals surface area contributed by atoms with Crippen LogP contribution in [0.2, 0.25) is 0 Å². The van der Waals surface area contributed by atoms with E-state index in [2.05, 4.69) is 5.32 Å². The number of anilines is 1. The number of nitrogens with one attached hydrogen (secondary N) is 1. The Balaban J connectivity index is 2.08. The highest BCUT2D eigenvalue weighted by Gasteiger charge is 2.21. The lowest BCUT2D eigenvalue weighted by atomic mass is 10.1. The van der Waals surface area contributed by atoms with Crippen molar-refractivity contribution in [2.75, 3.05) is 32.1 Å². The van der Waals surface area contributed by atoms with Crippen LogP contribution in [0.3, 0.4) is 0 Å². The molecular weight excluding hydrogens is 264 g/mol. The van der Waals surface area contributed by atoms with Gasteiger partial charge in [-0.1, -0.05) is 11.6 Å². The predicted octanol–water partition coefficient (Wildman–Crippen LogP) is 3.07. The summed E-state index contributed by atoms with van der Waals surface area (Å²) in [7, 11) is 1.86. The van der Waals surface area contributed by atoms with E-state index >= 15 is 0 Å². The van der Waals surface area contributed by atoms with Crippen molar-refractivity contribution in [3.05, 3.63) is 29.3 Å². The summed E-state index contributed by atoms with van der Waals surface area (Å²) in [5.41, 5.74) is 2.75. The largest absolute Gasteiger partial charge is 0.385 e. The minimum atomic E-state index is 0.0591. The van der Waals surface area contributed by atoms with E-state index in [-0.39, 0.29) is 12.0 Å². The molecule has 1 aliphatic rings. The number of ether oxygens (including phenoxy) is 1. The molecule has 116 valence electrons. The van der Waals surface area contributed by atoms with E-state index < -0.39 is 0 Å². The highest BCUT2D eigenvalue weighted by molar-refractivity contribution is 5.99. The smallest absolute Gasteiger partial charge is 0.255 e. The van der Waals surface area contributed by atoms with Gasteiger partial charge in [0.05, 0.1) is 11.7 Å². The standard InChI is InChI=1S/C17H26N2O2/c1-4-18-16-9-8-13(2)11-15(16)17(20)19(3)12-14-7-5-6-10-21-14/h8-9,11,14,18H,4-7,10,12H2,1-3H3. The maximum Gasteiger partial charge on any atom is 0.255 e. The Kier molecular flexibility index (Phi) is 5.62. The summed E-state index contributed by atoms with van der Waals surface area (Å²) >= 11 is 0. The number of hydrogen-bond acceptors (Lipinski definition) is 3. The molecule has 0 radical (unpaired) electrons. The number of aryl methyl sites for hydroxylation is 1. The van der Waals surface area contributed by atoms with Crippen LogP contribution in [0.25, 0.3) is 0 Å². The molecule has 4 nitrogen and oxygen atoms in total. The Morgan fingerprint density at radius 2 is 2.24 bits per heavy atom. The second-order valence-corrected chi connectivity index (χ2v) is 5.75. The van der Waals surface area contributed by atoms with Gasteiger partial charge in [-0.15, -0.1) is 0 Å². The molecule has 1 saturated heterocycles. The molecule has 1 aromatic carbocycles. The Hall–Kier alpha value is -1.55. The molecule has 1 unspecified atom stereocenters. The number of nitrogens with zero attached hydrogens (tertiary/aromatic N) is 1. The van der Waals surface area contributed by atoms with Crippen LogP contribution in [0.5, 0.6) is 0 Å². The van der Waals surface area contributed by atoms with Gasteiger partial charge in [0.15, 0.2) is 0 Å². The molecule has 1 N–H and O–H groups in total. The number of hydrogen-bond donors (Lipinski definition) is 1. The van der Waals surface area contributed by atoms with Gasteiger partial charge in [0.1, 0.15) is 0 Å². The van der Waals surface area contributed by atoms with E-state index in [0.29, 0.717) is 6.54 Å². The number of carbonyl (C=O) groups is 1. The number of rotatable bonds is 5. The number of benzene rings is 1. The van der Waals surface area contributed by atoms with Crippen molar-refractivity contribution in [3.8, 4) is 0 Å². The minimum absolute atomic E-state index is 0.0591. The van der Waals surface area contributed by atoms with Crippen molar-refractivity contribution in [1.82, 2.24) is 4.90 Å². The first kappa shape index (κ1) is 15.8. The zero-order chi connectivity index (χ0) is 15.2. The van der Waals surface area contributed by atoms with Crippen LogP contribution in [0.1, 0.15) is 42.1 Å². The van der Waals surface area contributed by atoms with Crippen molar-refractivity contribution in [3.63, 3.8) is 0 Å². The molecular formula is C17H26N2O2. The quantitative estimate of drug-likeness (QED) is 0.906. The molecule has 1 aliphatic heterocycles. The fourth-order valence-corrected chi connectivity index (χ4v) is 2.73. The maximum atomic E-state index is 12.7. The molecule has 1 fully saturated rings. The van der Waals surface area contributed by atoms with Crippen LogP contribution in [0.15, 0.2) is 18.2 Å². The first-order chi connectivity index (χ1) is 10.1. The fraction of sp³-hybridized carbons (Fsp3) is 0.588. The Labute approximate surface area is 127 Å². The summed E-state index contributed by atoms with van der Waals surface area (Å²) < 4.78 is 5.73. The number of likely N-dealkylation sites (N-methyl/N-ethyl adjacent to an activating group) is 1. The van der Waals surface area contributed by atoms with Crippen molar-refractivity contribution in [2.45, 2.75) is 39.2 Å². The monoisotopic (exact) mass is 290 g/mol. The molecule has 0 aliphatic carbocycles. The third kappa shape index (κ3) is 4.21. The zero-order valence-electron chi connectivity index (χ0n) is 13.3. The van der Waals surface area contributed by atoms with Gasteiger partial charge in [-0.25, -0.2) is 0 Å². The first-order valence-electron chi connectivity index (χ1n) is 7.83. The molecule has 0 spiro atoms. The summed E-state index contributed by atoms with van der Waals surface area (Å²) in [5.74, 6) is 0.0591. The lowest BCUT2D eigenvalue weighted by Crippen LogP contribution is -2.37. The van der Waals surface area contributed by atoms with Crippen molar-refractivity contribution in [2.24, 2.45) is 0 Å². The Morgan fingerprint density at radius 3 is 2.90 bits per heavy atom. The molecule has 4 heteroatoms. The van der Waals surface area contributed by atoms with Crippen LogP contribution < -0.4 is 5.32 Å². The normalized spacial score (nSPS) is 18.3. The van der Waals surface area contributed by atoms with Gasteiger partial charge in [0.25, 0.3) is 5.91 Å². The summed E-state index contributed by atoms with van der Waals surface area (Å²) in [4.78, 5) is 14.5. The first-order valence-corrected chi connectivity index (χ1v) is 7.83. The van der Waals surface area contributed by atoms with Crippen LogP contribution in [0.4, 0.5) is 5.69 Å². The zero-order valence-corrected chi connectivity index (χ0v) is 13.3. The highest BCUT2D eigenvalue weighted by Crippen LogP contribution is 2.20. The molecule has 1 aromatic rings. The number of carbonyl (C=O) groups excluding carboxylic acids is 1. The van der Waals surface area contributed by atoms with Crippen LogP contribution in [0, 0.1) is 6.92 Å². The molecule has 0 aromatic heterocycles. The third-order valence-electron chi connectivity index (χ3n) is 3.87. The van der Waals surface area contributed by atoms with Gasteiger partial charge in [0, 0.05) is 32.4 Å². The Bertz CT molecular complexity index is 482. The topological polar surface area (TPSA) is 41.6 Å². The van der Waals surface area contributed by atoms with Gasteiger partial charge >= 0.3 is 0 Å². The maximum absolute atomic E-state index is 12.7. The van der Waals surface area contributed by atoms with E-state index in [1.807, 2.05) is 39.1 Å². The summed E-state index contributed by atoms with van der Waals surface area (Å²) in [6.45, 7) is 6.33. The van der Waals surface area contributed by atoms with Gasteiger partial charge < -0.3 is 15.0 Å². The predicted molar refractivity (Wildman–Crippen MR) is 85.9 cm³/mol. The molecule has 0 bridgehead atoms. The lowest BCUT2D eigenvalue weighted by Gasteiger charge is -2.28. The number of amides is 1. The van der Waals surface area contributed by atoms with Crippen molar-refractivity contribution >= 4 is 11.6 Å². The average molecular weight is 290 g/mol. The van der Waals surface area contributed by atoms with Crippen LogP contribution in [-0.2, 0) is 4.74 Å². The summed E-state index contributed by atoms with van der Waals surface area (Å²) in [6.07, 6.45) is 3.56. The molecule has 1 amide bonds. The summed E-state index contributed by atoms with van der Waals surface area (Å²) in [5, 5.41) is 3.26. The lowest BCUT2D eigenvalue weighted by molar-refractivity contribution is -0.000172. The van der Waals surface area contributed by atoms with Gasteiger partial charge in [-0.05, 0) is 45.2 Å². The fourth-order valence-electron chi connectivity index (χ4n) is 2.73. The minimum Gasteiger partial charge on any atom is -0.385 e. The molecule has 21 heavy (non-hydrogen) atoms. The van der Waals surface area contributed by atoms with E-state index in [9.17, 15) is 4.79 Å². The SMILES string of the molecule is CCNc1ccc(C)cc1C(=O)N(C)CC1CCCCO1. The van der Waals surface area contributed by atoms with Crippen molar-refractivity contribution < 1.29 is 9.53 Å². The van der Waals surface area contributed by atoms with Gasteiger partial charge in [0.2, 0.25) is 0 Å². The van der Waals surface area contributed by atoms with Crippen molar-refractivity contribution in [1.29, 1.82) is 0 Å². The second-order valence-electron chi connectivity index (χ2n) is 5.75. The van der Waals surface area contributed by atoms with Gasteiger partial charge in [-0.3, -0.25) is 4.79 Å². The van der Waals surface area contributed by atoms with E-state index in [4.69, 9.17) is 4.74 Å². The molecule has 0 saturated carbocycles. The van der Waals surface area contributed by atoms with Gasteiger partial charge in [-0.2, -0.15) is 0 Å². The van der Waals surface area contributed by atoms with E-state index in [1.165, 1.54) is 6.42 Å². The molecule has 2 rings (SSSR count). The van der Waals surface area contributed by atoms with E-state index in [1.54, 1.807) is 4.90 Å². The summed E-state index contributed by atoms with van der Waals surface area (Å²) in [6, 6.07) is 5.97. The average Bonchev–Trinajstić information content (AvgIpc) is 2.49. The van der Waals surface area contributed by atoms with Crippen LogP contribution >= 0.6 is 0 Å². The van der Waals surface area contributed by atoms with Crippen LogP contribution in [-0.4, -0.2) is 43.7 Å².